The van der Waals surface area contributed by atoms with Crippen molar-refractivity contribution >= 4 is 6.03 Å². The Hall–Kier alpha value is -0.770. The molecule has 2 saturated heterocycles. The van der Waals surface area contributed by atoms with E-state index in [0.29, 0.717) is 0 Å². The van der Waals surface area contributed by atoms with E-state index in [1.54, 1.807) is 0 Å². The van der Waals surface area contributed by atoms with Crippen molar-refractivity contribution in [1.82, 2.24) is 9.80 Å². The van der Waals surface area contributed by atoms with Crippen LogP contribution in [0.1, 0.15) is 33.1 Å². The van der Waals surface area contributed by atoms with Crippen molar-refractivity contribution in [2.75, 3.05) is 26.2 Å². The maximum absolute atomic E-state index is 12.1. The molecule has 2 aliphatic rings. The molecule has 0 radical (unpaired) electrons. The number of rotatable bonds is 1. The van der Waals surface area contributed by atoms with E-state index in [9.17, 15) is 4.79 Å². The first-order valence-corrected chi connectivity index (χ1v) is 6.37. The van der Waals surface area contributed by atoms with Gasteiger partial charge in [-0.1, -0.05) is 13.8 Å². The van der Waals surface area contributed by atoms with Crippen LogP contribution in [-0.2, 0) is 0 Å². The summed E-state index contributed by atoms with van der Waals surface area (Å²) in [7, 11) is 0. The number of nitrogens with zero attached hydrogens (tertiary/aromatic N) is 2. The summed E-state index contributed by atoms with van der Waals surface area (Å²) in [5, 5.41) is 0. The molecule has 4 nitrogen and oxygen atoms in total. The molecule has 0 atom stereocenters. The maximum Gasteiger partial charge on any atom is 0.320 e. The van der Waals surface area contributed by atoms with E-state index < -0.39 is 0 Å². The Morgan fingerprint density at radius 3 is 2.38 bits per heavy atom. The van der Waals surface area contributed by atoms with E-state index in [-0.39, 0.29) is 11.6 Å². The van der Waals surface area contributed by atoms with Crippen molar-refractivity contribution in [3.05, 3.63) is 0 Å². The summed E-state index contributed by atoms with van der Waals surface area (Å²) >= 11 is 0. The summed E-state index contributed by atoms with van der Waals surface area (Å²) in [6.07, 6.45) is 3.23. The van der Waals surface area contributed by atoms with Crippen LogP contribution in [0.25, 0.3) is 0 Å². The number of piperidine rings is 1. The van der Waals surface area contributed by atoms with Gasteiger partial charge < -0.3 is 15.5 Å². The largest absolute Gasteiger partial charge is 0.325 e. The van der Waals surface area contributed by atoms with Gasteiger partial charge in [0.1, 0.15) is 0 Å². The minimum absolute atomic E-state index is 0.112. The maximum atomic E-state index is 12.1. The topological polar surface area (TPSA) is 49.6 Å². The van der Waals surface area contributed by atoms with Gasteiger partial charge >= 0.3 is 6.03 Å². The number of hydrogen-bond acceptors (Lipinski definition) is 2. The monoisotopic (exact) mass is 225 g/mol. The van der Waals surface area contributed by atoms with Crippen molar-refractivity contribution in [1.29, 1.82) is 0 Å². The molecule has 2 N–H and O–H groups in total. The zero-order valence-corrected chi connectivity index (χ0v) is 10.4. The first-order valence-electron chi connectivity index (χ1n) is 6.37. The van der Waals surface area contributed by atoms with Gasteiger partial charge in [0.15, 0.2) is 0 Å². The lowest BCUT2D eigenvalue weighted by Crippen LogP contribution is -2.70. The Morgan fingerprint density at radius 1 is 1.31 bits per heavy atom. The van der Waals surface area contributed by atoms with Crippen molar-refractivity contribution in [3.63, 3.8) is 0 Å². The summed E-state index contributed by atoms with van der Waals surface area (Å²) in [5.74, 6) is 0.768. The van der Waals surface area contributed by atoms with Gasteiger partial charge in [-0.05, 0) is 25.2 Å². The molecule has 2 heterocycles. The van der Waals surface area contributed by atoms with Crippen LogP contribution in [0.5, 0.6) is 0 Å². The molecule has 16 heavy (non-hydrogen) atoms. The second kappa shape index (κ2) is 4.24. The number of hydrogen-bond donors (Lipinski definition) is 1. The van der Waals surface area contributed by atoms with Crippen LogP contribution in [0.4, 0.5) is 4.79 Å². The minimum Gasteiger partial charge on any atom is -0.325 e. The first kappa shape index (κ1) is 11.7. The van der Waals surface area contributed by atoms with E-state index in [4.69, 9.17) is 5.73 Å². The van der Waals surface area contributed by atoms with Gasteiger partial charge in [-0.2, -0.15) is 0 Å². The molecule has 0 spiro atoms. The molecule has 0 aromatic rings. The summed E-state index contributed by atoms with van der Waals surface area (Å²) in [5.41, 5.74) is 5.96. The highest BCUT2D eigenvalue weighted by atomic mass is 16.2. The predicted molar refractivity (Wildman–Crippen MR) is 64.1 cm³/mol. The fourth-order valence-corrected chi connectivity index (χ4v) is 2.47. The Balaban J connectivity index is 1.81. The molecule has 92 valence electrons. The molecule has 0 aliphatic carbocycles. The third-order valence-electron chi connectivity index (χ3n) is 4.04. The van der Waals surface area contributed by atoms with Gasteiger partial charge in [0.25, 0.3) is 0 Å². The normalized spacial score (nSPS) is 25.4. The molecular weight excluding hydrogens is 202 g/mol. The molecule has 2 fully saturated rings. The number of likely N-dealkylation sites (tertiary alicyclic amines) is 2. The zero-order valence-electron chi connectivity index (χ0n) is 10.4. The number of urea groups is 1. The highest BCUT2D eigenvalue weighted by Gasteiger charge is 2.42. The van der Waals surface area contributed by atoms with Gasteiger partial charge in [-0.3, -0.25) is 0 Å². The average Bonchev–Trinajstić information content (AvgIpc) is 2.25. The molecule has 2 rings (SSSR count). The lowest BCUT2D eigenvalue weighted by atomic mass is 9.88. The van der Waals surface area contributed by atoms with E-state index >= 15 is 0 Å². The van der Waals surface area contributed by atoms with Crippen molar-refractivity contribution in [2.45, 2.75) is 38.6 Å². The number of amides is 2. The third-order valence-corrected chi connectivity index (χ3v) is 4.04. The summed E-state index contributed by atoms with van der Waals surface area (Å²) in [6, 6.07) is 0.196. The quantitative estimate of drug-likeness (QED) is 0.730. The Bertz CT molecular complexity index is 265. The molecule has 0 aromatic carbocycles. The van der Waals surface area contributed by atoms with Crippen LogP contribution in [0.3, 0.4) is 0 Å². The molecular formula is C12H23N3O. The Kier molecular flexibility index (Phi) is 3.10. The van der Waals surface area contributed by atoms with E-state index in [2.05, 4.69) is 13.8 Å². The zero-order chi connectivity index (χ0) is 11.8. The number of carbonyl (C=O) groups is 1. The van der Waals surface area contributed by atoms with E-state index in [1.807, 2.05) is 9.80 Å². The predicted octanol–water partition coefficient (Wildman–Crippen LogP) is 1.26. The van der Waals surface area contributed by atoms with Crippen LogP contribution in [0, 0.1) is 5.92 Å². The SMILES string of the molecule is CCC1(N)CN(C(=O)N2CCC(C)CC2)C1. The fraction of sp³-hybridized carbons (Fsp3) is 0.917. The van der Waals surface area contributed by atoms with Crippen LogP contribution in [0.15, 0.2) is 0 Å². The van der Waals surface area contributed by atoms with Gasteiger partial charge in [-0.15, -0.1) is 0 Å². The fourth-order valence-electron chi connectivity index (χ4n) is 2.47. The molecule has 0 aromatic heterocycles. The number of nitrogens with two attached hydrogens (primary N) is 1. The lowest BCUT2D eigenvalue weighted by Gasteiger charge is -2.49. The number of carbonyl (C=O) groups excluding carboxylic acids is 1. The Labute approximate surface area is 97.8 Å². The first-order chi connectivity index (χ1) is 7.54. The van der Waals surface area contributed by atoms with Gasteiger partial charge in [0.2, 0.25) is 0 Å². The highest BCUT2D eigenvalue weighted by Crippen LogP contribution is 2.24. The van der Waals surface area contributed by atoms with Crippen LogP contribution >= 0.6 is 0 Å². The minimum atomic E-state index is -0.112. The van der Waals surface area contributed by atoms with Crippen molar-refractivity contribution in [3.8, 4) is 0 Å². The molecule has 2 amide bonds. The molecule has 0 saturated carbocycles. The molecule has 0 unspecified atom stereocenters. The summed E-state index contributed by atoms with van der Waals surface area (Å²) in [6.45, 7) is 7.64. The van der Waals surface area contributed by atoms with E-state index in [1.165, 1.54) is 0 Å². The average molecular weight is 225 g/mol. The van der Waals surface area contributed by atoms with Crippen molar-refractivity contribution in [2.24, 2.45) is 11.7 Å². The van der Waals surface area contributed by atoms with Gasteiger partial charge in [-0.25, -0.2) is 4.79 Å². The second-order valence-electron chi connectivity index (χ2n) is 5.52. The van der Waals surface area contributed by atoms with E-state index in [0.717, 1.165) is 51.4 Å². The van der Waals surface area contributed by atoms with Crippen LogP contribution < -0.4 is 5.73 Å². The summed E-state index contributed by atoms with van der Waals surface area (Å²) in [4.78, 5) is 16.0. The molecule has 2 aliphatic heterocycles. The summed E-state index contributed by atoms with van der Waals surface area (Å²) < 4.78 is 0. The smallest absolute Gasteiger partial charge is 0.320 e. The van der Waals surface area contributed by atoms with Gasteiger partial charge in [0, 0.05) is 26.2 Å². The van der Waals surface area contributed by atoms with Crippen molar-refractivity contribution < 1.29 is 4.79 Å². The standard InChI is InChI=1S/C12H23N3O/c1-3-12(13)8-15(9-12)11(16)14-6-4-10(2)5-7-14/h10H,3-9,13H2,1-2H3. The molecule has 0 bridgehead atoms. The lowest BCUT2D eigenvalue weighted by molar-refractivity contribution is 0.0626. The highest BCUT2D eigenvalue weighted by molar-refractivity contribution is 5.76. The van der Waals surface area contributed by atoms with Crippen LogP contribution in [0.2, 0.25) is 0 Å². The second-order valence-corrected chi connectivity index (χ2v) is 5.52. The third kappa shape index (κ3) is 2.17. The Morgan fingerprint density at radius 2 is 1.88 bits per heavy atom. The molecule has 4 heteroatoms. The van der Waals surface area contributed by atoms with Crippen LogP contribution in [-0.4, -0.2) is 47.5 Å². The van der Waals surface area contributed by atoms with Gasteiger partial charge in [0.05, 0.1) is 5.54 Å².